The van der Waals surface area contributed by atoms with Gasteiger partial charge in [0.2, 0.25) is 5.75 Å². The Bertz CT molecular complexity index is 571. The van der Waals surface area contributed by atoms with Crippen molar-refractivity contribution in [3.8, 4) is 17.2 Å². The molecule has 2 heterocycles. The molecule has 126 valence electrons. The highest BCUT2D eigenvalue weighted by Crippen LogP contribution is 2.40. The lowest BCUT2D eigenvalue weighted by Gasteiger charge is -2.38. The Hall–Kier alpha value is -1.95. The van der Waals surface area contributed by atoms with Gasteiger partial charge in [-0.1, -0.05) is 0 Å². The van der Waals surface area contributed by atoms with Gasteiger partial charge in [0.05, 0.1) is 7.11 Å². The molecule has 0 unspecified atom stereocenters. The van der Waals surface area contributed by atoms with Gasteiger partial charge in [0.1, 0.15) is 13.2 Å². The van der Waals surface area contributed by atoms with Gasteiger partial charge in [-0.05, 0) is 38.3 Å². The number of nitrogens with two attached hydrogens (primary N) is 1. The average Bonchev–Trinajstić information content (AvgIpc) is 2.60. The van der Waals surface area contributed by atoms with Crippen LogP contribution < -0.4 is 19.9 Å². The van der Waals surface area contributed by atoms with E-state index in [2.05, 4.69) is 0 Å². The molecule has 0 aromatic heterocycles. The summed E-state index contributed by atoms with van der Waals surface area (Å²) in [4.78, 5) is 14.9. The van der Waals surface area contributed by atoms with E-state index in [0.717, 1.165) is 25.8 Å². The standard InChI is InChI=1S/C17H24N2O4/c1-11(18)13-5-3-4-6-19(13)17(20)12-9-14(21-2)16-15(10-12)22-7-8-23-16/h9-11,13H,3-8,18H2,1-2H3/t11-,13+/m0/s1. The van der Waals surface area contributed by atoms with Crippen molar-refractivity contribution in [3.05, 3.63) is 17.7 Å². The Morgan fingerprint density at radius 1 is 1.35 bits per heavy atom. The molecule has 1 fully saturated rings. The summed E-state index contributed by atoms with van der Waals surface area (Å²) >= 11 is 0. The predicted molar refractivity (Wildman–Crippen MR) is 86.3 cm³/mol. The fourth-order valence-corrected chi connectivity index (χ4v) is 3.32. The van der Waals surface area contributed by atoms with Gasteiger partial charge in [0.15, 0.2) is 11.5 Å². The second-order valence-corrected chi connectivity index (χ2v) is 6.12. The van der Waals surface area contributed by atoms with Crippen LogP contribution in [0.4, 0.5) is 0 Å². The van der Waals surface area contributed by atoms with Gasteiger partial charge in [-0.3, -0.25) is 4.79 Å². The van der Waals surface area contributed by atoms with Crippen LogP contribution in [0.15, 0.2) is 12.1 Å². The second-order valence-electron chi connectivity index (χ2n) is 6.12. The fraction of sp³-hybridized carbons (Fsp3) is 0.588. The van der Waals surface area contributed by atoms with E-state index in [0.29, 0.717) is 36.0 Å². The molecule has 3 rings (SSSR count). The molecule has 1 amide bonds. The van der Waals surface area contributed by atoms with Crippen molar-refractivity contribution in [1.29, 1.82) is 0 Å². The fourth-order valence-electron chi connectivity index (χ4n) is 3.32. The van der Waals surface area contributed by atoms with Crippen molar-refractivity contribution < 1.29 is 19.0 Å². The van der Waals surface area contributed by atoms with E-state index < -0.39 is 0 Å². The lowest BCUT2D eigenvalue weighted by Crippen LogP contribution is -2.51. The highest BCUT2D eigenvalue weighted by Gasteiger charge is 2.31. The number of hydrogen-bond acceptors (Lipinski definition) is 5. The Morgan fingerprint density at radius 2 is 2.13 bits per heavy atom. The number of amides is 1. The lowest BCUT2D eigenvalue weighted by atomic mass is 9.96. The third-order valence-corrected chi connectivity index (χ3v) is 4.49. The van der Waals surface area contributed by atoms with E-state index in [4.69, 9.17) is 19.9 Å². The second kappa shape index (κ2) is 6.66. The van der Waals surface area contributed by atoms with E-state index in [-0.39, 0.29) is 18.0 Å². The maximum absolute atomic E-state index is 13.0. The molecular weight excluding hydrogens is 296 g/mol. The summed E-state index contributed by atoms with van der Waals surface area (Å²) in [5, 5.41) is 0. The maximum Gasteiger partial charge on any atom is 0.254 e. The number of hydrogen-bond donors (Lipinski definition) is 1. The quantitative estimate of drug-likeness (QED) is 0.919. The van der Waals surface area contributed by atoms with E-state index >= 15 is 0 Å². The van der Waals surface area contributed by atoms with E-state index in [1.54, 1.807) is 19.2 Å². The topological polar surface area (TPSA) is 74.0 Å². The van der Waals surface area contributed by atoms with Gasteiger partial charge in [-0.25, -0.2) is 0 Å². The molecule has 2 atom stereocenters. The van der Waals surface area contributed by atoms with Crippen LogP contribution in [0.2, 0.25) is 0 Å². The lowest BCUT2D eigenvalue weighted by molar-refractivity contribution is 0.0582. The van der Waals surface area contributed by atoms with Crippen LogP contribution in [0.1, 0.15) is 36.5 Å². The minimum Gasteiger partial charge on any atom is -0.493 e. The molecule has 1 aromatic carbocycles. The Morgan fingerprint density at radius 3 is 2.87 bits per heavy atom. The van der Waals surface area contributed by atoms with Crippen LogP contribution >= 0.6 is 0 Å². The summed E-state index contributed by atoms with van der Waals surface area (Å²) in [6.45, 7) is 3.65. The van der Waals surface area contributed by atoms with Crippen LogP contribution in [0.25, 0.3) is 0 Å². The number of carbonyl (C=O) groups excluding carboxylic acids is 1. The van der Waals surface area contributed by atoms with Gasteiger partial charge >= 0.3 is 0 Å². The minimum atomic E-state index is -0.0432. The van der Waals surface area contributed by atoms with Gasteiger partial charge in [0.25, 0.3) is 5.91 Å². The van der Waals surface area contributed by atoms with Gasteiger partial charge in [-0.2, -0.15) is 0 Å². The Labute approximate surface area is 136 Å². The molecule has 0 spiro atoms. The summed E-state index contributed by atoms with van der Waals surface area (Å²) in [5.74, 6) is 1.63. The number of piperidine rings is 1. The molecule has 1 saturated heterocycles. The van der Waals surface area contributed by atoms with Crippen molar-refractivity contribution in [2.45, 2.75) is 38.3 Å². The summed E-state index contributed by atoms with van der Waals surface area (Å²) in [5.41, 5.74) is 6.63. The summed E-state index contributed by atoms with van der Waals surface area (Å²) in [7, 11) is 1.56. The third kappa shape index (κ3) is 3.08. The summed E-state index contributed by atoms with van der Waals surface area (Å²) < 4.78 is 16.6. The van der Waals surface area contributed by atoms with Crippen molar-refractivity contribution >= 4 is 5.91 Å². The van der Waals surface area contributed by atoms with Gasteiger partial charge in [0, 0.05) is 24.2 Å². The number of ether oxygens (including phenoxy) is 3. The normalized spacial score (nSPS) is 21.7. The molecular formula is C17H24N2O4. The van der Waals surface area contributed by atoms with E-state index in [1.165, 1.54) is 0 Å². The first-order valence-corrected chi connectivity index (χ1v) is 8.16. The molecule has 0 radical (unpaired) electrons. The Balaban J connectivity index is 1.92. The zero-order valence-electron chi connectivity index (χ0n) is 13.7. The summed E-state index contributed by atoms with van der Waals surface area (Å²) in [6, 6.07) is 3.50. The van der Waals surface area contributed by atoms with Crippen molar-refractivity contribution in [1.82, 2.24) is 4.90 Å². The predicted octanol–water partition coefficient (Wildman–Crippen LogP) is 1.81. The number of benzene rings is 1. The van der Waals surface area contributed by atoms with Crippen LogP contribution in [0.5, 0.6) is 17.2 Å². The first kappa shape index (κ1) is 15.9. The van der Waals surface area contributed by atoms with Gasteiger partial charge < -0.3 is 24.8 Å². The third-order valence-electron chi connectivity index (χ3n) is 4.49. The molecule has 0 aliphatic carbocycles. The molecule has 23 heavy (non-hydrogen) atoms. The van der Waals surface area contributed by atoms with Crippen LogP contribution in [0, 0.1) is 0 Å². The molecule has 6 nitrogen and oxygen atoms in total. The molecule has 2 aliphatic rings. The minimum absolute atomic E-state index is 0.0257. The van der Waals surface area contributed by atoms with Gasteiger partial charge in [-0.15, -0.1) is 0 Å². The van der Waals surface area contributed by atoms with E-state index in [9.17, 15) is 4.79 Å². The first-order chi connectivity index (χ1) is 11.1. The largest absolute Gasteiger partial charge is 0.493 e. The molecule has 0 saturated carbocycles. The highest BCUT2D eigenvalue weighted by molar-refractivity contribution is 5.96. The van der Waals surface area contributed by atoms with E-state index in [1.807, 2.05) is 11.8 Å². The molecule has 1 aromatic rings. The van der Waals surface area contributed by atoms with Crippen LogP contribution in [-0.2, 0) is 0 Å². The Kier molecular flexibility index (Phi) is 4.61. The zero-order chi connectivity index (χ0) is 16.4. The molecule has 6 heteroatoms. The van der Waals surface area contributed by atoms with Crippen molar-refractivity contribution in [3.63, 3.8) is 0 Å². The number of nitrogens with zero attached hydrogens (tertiary/aromatic N) is 1. The SMILES string of the molecule is COc1cc(C(=O)N2CCCC[C@@H]2[C@H](C)N)cc2c1OCCO2. The number of likely N-dealkylation sites (tertiary alicyclic amines) is 1. The maximum atomic E-state index is 13.0. The molecule has 2 N–H and O–H groups in total. The number of carbonyl (C=O) groups is 1. The smallest absolute Gasteiger partial charge is 0.254 e. The number of fused-ring (bicyclic) bond motifs is 1. The highest BCUT2D eigenvalue weighted by atomic mass is 16.6. The first-order valence-electron chi connectivity index (χ1n) is 8.16. The summed E-state index contributed by atoms with van der Waals surface area (Å²) in [6.07, 6.45) is 3.07. The molecule has 0 bridgehead atoms. The number of methoxy groups -OCH3 is 1. The zero-order valence-corrected chi connectivity index (χ0v) is 13.7. The number of rotatable bonds is 3. The van der Waals surface area contributed by atoms with Crippen molar-refractivity contribution in [2.24, 2.45) is 5.73 Å². The van der Waals surface area contributed by atoms with Crippen LogP contribution in [-0.4, -0.2) is 49.8 Å². The van der Waals surface area contributed by atoms with Crippen molar-refractivity contribution in [2.75, 3.05) is 26.9 Å². The monoisotopic (exact) mass is 320 g/mol. The average molecular weight is 320 g/mol. The molecule has 2 aliphatic heterocycles. The van der Waals surface area contributed by atoms with Crippen LogP contribution in [0.3, 0.4) is 0 Å².